The minimum Gasteiger partial charge on any atom is -0.489 e. The topological polar surface area (TPSA) is 210 Å². The molecule has 4 N–H and O–H groups in total. The molecule has 2 amide bonds. The monoisotopic (exact) mass is 1150 g/mol. The van der Waals surface area contributed by atoms with Crippen molar-refractivity contribution in [2.24, 2.45) is 7.05 Å². The normalized spacial score (nSPS) is 13.6. The first-order chi connectivity index (χ1) is 32.5. The molecule has 0 fully saturated rings. The standard InChI is InChI=1S/C15H12BrClF4N2O2.C15H22ClNO2.C11H11Cl2NO2.C3H8NO5P/c1-6(2)25-14(24)7-4-8(10(18)5-9(7)17)12-11(16)13(15(19,20)21)23(3)22-12;1-5-13-8-6-7-11(2)15(13)17(14(18)9-16)12(3)10-19-4;1-7-6-16-9-5-3-2-4-8(9)14(7)11(15)10(12)13;5-3(6)1-4-2-10(7,8)9/h4-6H,1-3H3;6-8,12H,5,9-10H2,1-4H3;2-5,7,10H,6H2,1H3;4H,1-2H2,(H,5,6)(H2,7,8,9). The van der Waals surface area contributed by atoms with E-state index in [9.17, 15) is 41.3 Å². The van der Waals surface area contributed by atoms with E-state index in [4.69, 9.17) is 75.5 Å². The number of halogens is 9. The molecule has 16 nitrogen and oxygen atoms in total. The molecule has 2 atom stereocenters. The molecule has 1 aromatic heterocycles. The van der Waals surface area contributed by atoms with Crippen molar-refractivity contribution in [1.29, 1.82) is 0 Å². The van der Waals surface area contributed by atoms with Crippen LogP contribution in [0.15, 0.2) is 59.1 Å². The van der Waals surface area contributed by atoms with Crippen LogP contribution < -0.4 is 19.9 Å². The van der Waals surface area contributed by atoms with Crippen molar-refractivity contribution in [3.05, 3.63) is 92.3 Å². The Bertz CT molecular complexity index is 2480. The van der Waals surface area contributed by atoms with Gasteiger partial charge in [0, 0.05) is 19.7 Å². The summed E-state index contributed by atoms with van der Waals surface area (Å²) in [6.07, 6.45) is -4.86. The zero-order valence-corrected chi connectivity index (χ0v) is 44.5. The third-order valence-electron chi connectivity index (χ3n) is 9.37. The number of amides is 2. The summed E-state index contributed by atoms with van der Waals surface area (Å²) in [5.41, 5.74) is 2.07. The highest BCUT2D eigenvalue weighted by Crippen LogP contribution is 2.41. The van der Waals surface area contributed by atoms with Crippen molar-refractivity contribution in [2.45, 2.75) is 77.2 Å². The molecule has 0 radical (unpaired) electrons. The number of ether oxygens (including phenoxy) is 3. The lowest BCUT2D eigenvalue weighted by atomic mass is 10.0. The van der Waals surface area contributed by atoms with Crippen LogP contribution in [0.1, 0.15) is 61.8 Å². The van der Waals surface area contributed by atoms with Crippen LogP contribution in [-0.4, -0.2) is 110 Å². The number of rotatable bonds is 14. The molecule has 0 bridgehead atoms. The molecule has 2 unspecified atom stereocenters. The first-order valence-electron chi connectivity index (χ1n) is 20.8. The van der Waals surface area contributed by atoms with Gasteiger partial charge in [0.05, 0.1) is 64.1 Å². The summed E-state index contributed by atoms with van der Waals surface area (Å²) in [5.74, 6) is -2.62. The van der Waals surface area contributed by atoms with E-state index in [1.165, 1.54) is 0 Å². The zero-order chi connectivity index (χ0) is 53.4. The molecule has 0 saturated carbocycles. The van der Waals surface area contributed by atoms with E-state index in [-0.39, 0.29) is 51.6 Å². The number of alkyl halides is 6. The Morgan fingerprint density at radius 3 is 2.23 bits per heavy atom. The van der Waals surface area contributed by atoms with Crippen LogP contribution in [0.2, 0.25) is 5.02 Å². The number of methoxy groups -OCH3 is 1. The smallest absolute Gasteiger partial charge is 0.434 e. The summed E-state index contributed by atoms with van der Waals surface area (Å²) in [5, 5.41) is 13.6. The van der Waals surface area contributed by atoms with E-state index in [1.807, 2.05) is 57.2 Å². The Kier molecular flexibility index (Phi) is 25.1. The van der Waals surface area contributed by atoms with Gasteiger partial charge in [-0.1, -0.05) is 72.1 Å². The van der Waals surface area contributed by atoms with Crippen LogP contribution in [0, 0.1) is 12.7 Å². The summed E-state index contributed by atoms with van der Waals surface area (Å²) in [6.45, 7) is 11.7. The number of nitrogens with one attached hydrogen (secondary N) is 1. The molecule has 1 aliphatic rings. The maximum absolute atomic E-state index is 14.3. The van der Waals surface area contributed by atoms with Crippen LogP contribution in [0.5, 0.6) is 5.75 Å². The maximum Gasteiger partial charge on any atom is 0.434 e. The van der Waals surface area contributed by atoms with Gasteiger partial charge < -0.3 is 38.9 Å². The van der Waals surface area contributed by atoms with Crippen molar-refractivity contribution in [1.82, 2.24) is 15.1 Å². The largest absolute Gasteiger partial charge is 0.489 e. The number of carbonyl (C=O) groups is 4. The molecule has 0 saturated heterocycles. The molecule has 5 rings (SSSR count). The zero-order valence-electron chi connectivity index (χ0n) is 39.0. The minimum absolute atomic E-state index is 0.0223. The molecule has 70 heavy (non-hydrogen) atoms. The number of aliphatic carboxylic acids is 1. The molecule has 2 heterocycles. The fourth-order valence-electron chi connectivity index (χ4n) is 6.51. The lowest BCUT2D eigenvalue weighted by Crippen LogP contribution is -2.47. The number of aryl methyl sites for hydroxylation is 3. The fraction of sp³-hybridized carbons (Fsp3) is 0.432. The highest BCUT2D eigenvalue weighted by Gasteiger charge is 2.39. The van der Waals surface area contributed by atoms with Crippen molar-refractivity contribution in [2.75, 3.05) is 48.8 Å². The Hall–Kier alpha value is -4.02. The highest BCUT2D eigenvalue weighted by atomic mass is 79.9. The van der Waals surface area contributed by atoms with Gasteiger partial charge in [0.2, 0.25) is 5.91 Å². The number of para-hydroxylation sites is 3. The lowest BCUT2D eigenvalue weighted by molar-refractivity contribution is -0.144. The SMILES string of the molecule is CC(C)OC(=O)c1cc(-c2nn(C)c(C(F)(F)F)c2Br)c(F)cc1Cl.CC1COc2ccccc2N1C(=O)C(Cl)Cl.CCc1cccc(C)c1N(C(=O)CCl)C(C)COC.O=C(O)CNCP(=O)(O)O. The van der Waals surface area contributed by atoms with Crippen LogP contribution in [0.25, 0.3) is 11.3 Å². The number of hydrogen-bond donors (Lipinski definition) is 4. The van der Waals surface area contributed by atoms with E-state index in [1.54, 1.807) is 30.8 Å². The first-order valence-corrected chi connectivity index (χ1v) is 25.2. The van der Waals surface area contributed by atoms with E-state index in [2.05, 4.69) is 39.3 Å². The summed E-state index contributed by atoms with van der Waals surface area (Å²) in [6, 6.07) is 15.2. The van der Waals surface area contributed by atoms with Crippen molar-refractivity contribution in [3.63, 3.8) is 0 Å². The first kappa shape index (κ1) is 62.1. The van der Waals surface area contributed by atoms with Crippen molar-refractivity contribution in [3.8, 4) is 17.0 Å². The predicted octanol–water partition coefficient (Wildman–Crippen LogP) is 9.79. The number of carboxylic acid groups (broad SMARTS) is 1. The molecule has 1 aliphatic heterocycles. The number of aromatic nitrogens is 2. The van der Waals surface area contributed by atoms with E-state index in [0.717, 1.165) is 48.1 Å². The summed E-state index contributed by atoms with van der Waals surface area (Å²) in [4.78, 5) is 64.6. The van der Waals surface area contributed by atoms with Gasteiger partial charge in [-0.3, -0.25) is 28.9 Å². The minimum atomic E-state index is -4.69. The number of fused-ring (bicyclic) bond motifs is 1. The Labute approximate surface area is 430 Å². The Morgan fingerprint density at radius 1 is 1.09 bits per heavy atom. The van der Waals surface area contributed by atoms with Gasteiger partial charge in [0.15, 0.2) is 10.5 Å². The van der Waals surface area contributed by atoms with Crippen LogP contribution in [-0.2, 0) is 48.1 Å². The van der Waals surface area contributed by atoms with Crippen LogP contribution in [0.3, 0.4) is 0 Å². The van der Waals surface area contributed by atoms with Gasteiger partial charge >= 0.3 is 25.7 Å². The number of carbonyl (C=O) groups excluding carboxylic acids is 3. The second-order valence-corrected chi connectivity index (χ2v) is 19.5. The van der Waals surface area contributed by atoms with Gasteiger partial charge in [-0.15, -0.1) is 11.6 Å². The molecule has 3 aromatic carbocycles. The molecule has 388 valence electrons. The summed E-state index contributed by atoms with van der Waals surface area (Å²) in [7, 11) is -1.38. The molecular weight excluding hydrogens is 1100 g/mol. The number of esters is 1. The van der Waals surface area contributed by atoms with Crippen molar-refractivity contribution >= 4 is 105 Å². The van der Waals surface area contributed by atoms with Crippen LogP contribution >= 0.6 is 69.9 Å². The predicted molar refractivity (Wildman–Crippen MR) is 264 cm³/mol. The molecule has 26 heteroatoms. The molecule has 0 aliphatic carbocycles. The lowest BCUT2D eigenvalue weighted by Gasteiger charge is -2.35. The molecule has 4 aromatic rings. The second kappa shape index (κ2) is 28.3. The third-order valence-corrected chi connectivity index (χ3v) is 11.7. The molecular formula is C44H53BrCl4F4N5O11P. The van der Waals surface area contributed by atoms with Crippen LogP contribution in [0.4, 0.5) is 28.9 Å². The number of hydrogen-bond acceptors (Lipinski definition) is 10. The van der Waals surface area contributed by atoms with E-state index in [0.29, 0.717) is 23.6 Å². The highest BCUT2D eigenvalue weighted by molar-refractivity contribution is 9.10. The Morgan fingerprint density at radius 2 is 1.71 bits per heavy atom. The second-order valence-electron chi connectivity index (χ2n) is 15.3. The third kappa shape index (κ3) is 18.2. The molecule has 0 spiro atoms. The maximum atomic E-state index is 14.3. The van der Waals surface area contributed by atoms with E-state index >= 15 is 0 Å². The van der Waals surface area contributed by atoms with Gasteiger partial charge in [0.1, 0.15) is 29.7 Å². The number of carboxylic acids is 1. The fourth-order valence-corrected chi connectivity index (χ4v) is 8.26. The summed E-state index contributed by atoms with van der Waals surface area (Å²) < 4.78 is 79.4. The number of nitrogens with zero attached hydrogens (tertiary/aromatic N) is 4. The van der Waals surface area contributed by atoms with Gasteiger partial charge in [-0.25, -0.2) is 9.18 Å². The van der Waals surface area contributed by atoms with E-state index < -0.39 is 65.5 Å². The number of anilines is 2. The van der Waals surface area contributed by atoms with Gasteiger partial charge in [-0.05, 0) is 92.4 Å². The average Bonchev–Trinajstić information content (AvgIpc) is 3.57. The number of benzene rings is 3. The van der Waals surface area contributed by atoms with Crippen molar-refractivity contribution < 1.29 is 70.4 Å². The summed E-state index contributed by atoms with van der Waals surface area (Å²) >= 11 is 25.7. The van der Waals surface area contributed by atoms with Gasteiger partial charge in [0.25, 0.3) is 5.91 Å². The Balaban J connectivity index is 0.000000335. The average molecular weight is 1160 g/mol. The van der Waals surface area contributed by atoms with Gasteiger partial charge in [-0.2, -0.15) is 18.3 Å². The quantitative estimate of drug-likeness (QED) is 0.0402.